The molecule has 0 bridgehead atoms. The Hall–Kier alpha value is -1.81. The Balaban J connectivity index is 2.02. The van der Waals surface area contributed by atoms with E-state index in [1.807, 2.05) is 0 Å². The first-order valence-electron chi connectivity index (χ1n) is 10.6. The van der Waals surface area contributed by atoms with Crippen LogP contribution in [-0.2, 0) is 0 Å². The fourth-order valence-electron chi connectivity index (χ4n) is 3.07. The van der Waals surface area contributed by atoms with Crippen LogP contribution in [0.1, 0.15) is 65.2 Å². The van der Waals surface area contributed by atoms with Gasteiger partial charge in [-0.05, 0) is 42.7 Å². The van der Waals surface area contributed by atoms with Crippen LogP contribution in [0.15, 0.2) is 30.3 Å². The minimum Gasteiger partial charge on any atom is -0.492 e. The molecule has 0 atom stereocenters. The number of halogens is 3. The number of hydrogen-bond donors (Lipinski definition) is 0. The van der Waals surface area contributed by atoms with Crippen LogP contribution >= 0.6 is 11.6 Å². The second kappa shape index (κ2) is 12.7. The molecule has 0 aliphatic heterocycles. The molecule has 160 valence electrons. The van der Waals surface area contributed by atoms with Gasteiger partial charge in [0.15, 0.2) is 17.4 Å². The van der Waals surface area contributed by atoms with Gasteiger partial charge in [-0.1, -0.05) is 70.0 Å². The van der Waals surface area contributed by atoms with Crippen molar-refractivity contribution < 1.29 is 18.3 Å². The van der Waals surface area contributed by atoms with Gasteiger partial charge in [0, 0.05) is 5.56 Å². The summed E-state index contributed by atoms with van der Waals surface area (Å²) in [5.74, 6) is -0.615. The molecule has 2 aromatic rings. The summed E-state index contributed by atoms with van der Waals surface area (Å²) in [6.07, 6.45) is 8.49. The molecular weight excluding hydrogens is 394 g/mol. The molecule has 2 aromatic carbocycles. The minimum atomic E-state index is -0.606. The number of hydrogen-bond acceptors (Lipinski definition) is 2. The fraction of sp³-hybridized carbons (Fsp3) is 0.500. The lowest BCUT2D eigenvalue weighted by molar-refractivity contribution is 0.290. The summed E-state index contributed by atoms with van der Waals surface area (Å²) in [5.41, 5.74) is 0.649. The average molecular weight is 425 g/mol. The van der Waals surface area contributed by atoms with E-state index in [2.05, 4.69) is 13.8 Å². The van der Waals surface area contributed by atoms with Crippen LogP contribution in [0.2, 0.25) is 5.02 Å². The van der Waals surface area contributed by atoms with Crippen molar-refractivity contribution in [3.05, 3.63) is 47.0 Å². The summed E-state index contributed by atoms with van der Waals surface area (Å²) in [4.78, 5) is 0. The summed E-state index contributed by atoms with van der Waals surface area (Å²) in [6.45, 7) is 5.25. The zero-order chi connectivity index (χ0) is 21.1. The van der Waals surface area contributed by atoms with Gasteiger partial charge < -0.3 is 9.47 Å². The summed E-state index contributed by atoms with van der Waals surface area (Å²) < 4.78 is 40.3. The molecular formula is C24H31ClF2O2. The highest BCUT2D eigenvalue weighted by Gasteiger charge is 2.16. The van der Waals surface area contributed by atoms with Crippen LogP contribution in [0.5, 0.6) is 11.5 Å². The largest absolute Gasteiger partial charge is 0.492 e. The summed E-state index contributed by atoms with van der Waals surface area (Å²) in [6, 6.07) is 7.67. The van der Waals surface area contributed by atoms with E-state index >= 15 is 0 Å². The van der Waals surface area contributed by atoms with Crippen molar-refractivity contribution in [2.45, 2.75) is 65.2 Å². The molecule has 0 saturated carbocycles. The average Bonchev–Trinajstić information content (AvgIpc) is 2.72. The second-order valence-corrected chi connectivity index (χ2v) is 7.58. The lowest BCUT2D eigenvalue weighted by Gasteiger charge is -2.12. The smallest absolute Gasteiger partial charge is 0.165 e. The monoisotopic (exact) mass is 424 g/mol. The van der Waals surface area contributed by atoms with Crippen molar-refractivity contribution in [2.24, 2.45) is 0 Å². The maximum atomic E-state index is 14.8. The maximum absolute atomic E-state index is 14.8. The molecule has 29 heavy (non-hydrogen) atoms. The third-order valence-electron chi connectivity index (χ3n) is 4.80. The van der Waals surface area contributed by atoms with Crippen molar-refractivity contribution in [3.8, 4) is 22.6 Å². The highest BCUT2D eigenvalue weighted by Crippen LogP contribution is 2.36. The fourth-order valence-corrected chi connectivity index (χ4v) is 3.29. The Morgan fingerprint density at radius 2 is 1.34 bits per heavy atom. The van der Waals surface area contributed by atoms with E-state index < -0.39 is 11.6 Å². The van der Waals surface area contributed by atoms with E-state index in [0.29, 0.717) is 24.5 Å². The lowest BCUT2D eigenvalue weighted by atomic mass is 10.0. The van der Waals surface area contributed by atoms with Crippen LogP contribution in [-0.4, -0.2) is 13.2 Å². The van der Waals surface area contributed by atoms with Crippen LogP contribution in [0.4, 0.5) is 8.78 Å². The normalized spacial score (nSPS) is 10.9. The Kier molecular flexibility index (Phi) is 10.3. The Morgan fingerprint density at radius 3 is 1.93 bits per heavy atom. The first-order valence-corrected chi connectivity index (χ1v) is 11.0. The Bertz CT molecular complexity index is 765. The van der Waals surface area contributed by atoms with Crippen LogP contribution in [0, 0.1) is 11.6 Å². The van der Waals surface area contributed by atoms with Crippen molar-refractivity contribution in [1.82, 2.24) is 0 Å². The molecule has 0 heterocycles. The van der Waals surface area contributed by atoms with Crippen LogP contribution in [0.25, 0.3) is 11.1 Å². The zero-order valence-electron chi connectivity index (χ0n) is 17.4. The third-order valence-corrected chi connectivity index (χ3v) is 5.15. The molecule has 0 saturated heterocycles. The van der Waals surface area contributed by atoms with Gasteiger partial charge in [0.25, 0.3) is 0 Å². The van der Waals surface area contributed by atoms with E-state index in [4.69, 9.17) is 21.1 Å². The SMILES string of the molecule is CCCCCCOc1ccc(-c2ccc(OCCCCCC)c(Cl)c2F)cc1F. The standard InChI is InChI=1S/C24H31ClF2O2/c1-3-5-7-9-15-28-21-13-11-18(17-20(21)26)19-12-14-22(23(25)24(19)27)29-16-10-8-6-4-2/h11-14,17H,3-10,15-16H2,1-2H3. The van der Waals surface area contributed by atoms with Gasteiger partial charge in [0.1, 0.15) is 10.8 Å². The van der Waals surface area contributed by atoms with Crippen LogP contribution in [0.3, 0.4) is 0 Å². The lowest BCUT2D eigenvalue weighted by Crippen LogP contribution is -2.00. The van der Waals surface area contributed by atoms with E-state index in [9.17, 15) is 8.78 Å². The predicted molar refractivity (Wildman–Crippen MR) is 116 cm³/mol. The topological polar surface area (TPSA) is 18.5 Å². The van der Waals surface area contributed by atoms with E-state index in [1.54, 1.807) is 18.2 Å². The number of ether oxygens (including phenoxy) is 2. The molecule has 0 N–H and O–H groups in total. The maximum Gasteiger partial charge on any atom is 0.165 e. The zero-order valence-corrected chi connectivity index (χ0v) is 18.2. The molecule has 0 aliphatic rings. The molecule has 0 fully saturated rings. The molecule has 0 spiro atoms. The molecule has 5 heteroatoms. The second-order valence-electron chi connectivity index (χ2n) is 7.20. The predicted octanol–water partition coefficient (Wildman–Crippen LogP) is 8.20. The Labute approximate surface area is 178 Å². The van der Waals surface area contributed by atoms with Gasteiger partial charge in [-0.25, -0.2) is 8.78 Å². The highest BCUT2D eigenvalue weighted by molar-refractivity contribution is 6.32. The van der Waals surface area contributed by atoms with E-state index in [-0.39, 0.29) is 16.3 Å². The number of benzene rings is 2. The quantitative estimate of drug-likeness (QED) is 0.301. The molecule has 0 radical (unpaired) electrons. The highest BCUT2D eigenvalue weighted by atomic mass is 35.5. The van der Waals surface area contributed by atoms with Crippen molar-refractivity contribution in [1.29, 1.82) is 0 Å². The van der Waals surface area contributed by atoms with Crippen molar-refractivity contribution in [2.75, 3.05) is 13.2 Å². The first kappa shape index (κ1) is 23.5. The van der Waals surface area contributed by atoms with Gasteiger partial charge >= 0.3 is 0 Å². The third kappa shape index (κ3) is 7.18. The first-order chi connectivity index (χ1) is 14.1. The molecule has 0 unspecified atom stereocenters. The van der Waals surface area contributed by atoms with Gasteiger partial charge in [-0.3, -0.25) is 0 Å². The van der Waals surface area contributed by atoms with Gasteiger partial charge in [-0.15, -0.1) is 0 Å². The van der Waals surface area contributed by atoms with Gasteiger partial charge in [0.2, 0.25) is 0 Å². The van der Waals surface area contributed by atoms with E-state index in [0.717, 1.165) is 51.4 Å². The molecule has 0 aliphatic carbocycles. The van der Waals surface area contributed by atoms with Crippen molar-refractivity contribution >= 4 is 11.6 Å². The van der Waals surface area contributed by atoms with Crippen LogP contribution < -0.4 is 9.47 Å². The molecule has 2 nitrogen and oxygen atoms in total. The van der Waals surface area contributed by atoms with E-state index in [1.165, 1.54) is 12.1 Å². The summed E-state index contributed by atoms with van der Waals surface area (Å²) in [5, 5.41) is -0.0744. The molecule has 0 aromatic heterocycles. The number of unbranched alkanes of at least 4 members (excludes halogenated alkanes) is 6. The minimum absolute atomic E-state index is 0.0744. The summed E-state index contributed by atoms with van der Waals surface area (Å²) >= 11 is 6.15. The van der Waals surface area contributed by atoms with Gasteiger partial charge in [0.05, 0.1) is 13.2 Å². The molecule has 2 rings (SSSR count). The molecule has 0 amide bonds. The summed E-state index contributed by atoms with van der Waals surface area (Å²) in [7, 11) is 0. The Morgan fingerprint density at radius 1 is 0.759 bits per heavy atom. The van der Waals surface area contributed by atoms with Crippen molar-refractivity contribution in [3.63, 3.8) is 0 Å². The van der Waals surface area contributed by atoms with Gasteiger partial charge in [-0.2, -0.15) is 0 Å². The number of rotatable bonds is 13.